The van der Waals surface area contributed by atoms with Crippen LogP contribution in [0.15, 0.2) is 66.8 Å². The van der Waals surface area contributed by atoms with Gasteiger partial charge in [0.1, 0.15) is 15.9 Å². The summed E-state index contributed by atoms with van der Waals surface area (Å²) < 4.78 is 66.6. The summed E-state index contributed by atoms with van der Waals surface area (Å²) in [6, 6.07) is 6.14. The van der Waals surface area contributed by atoms with Crippen LogP contribution in [0.25, 0.3) is 16.6 Å². The van der Waals surface area contributed by atoms with Crippen molar-refractivity contribution >= 4 is 65.8 Å². The lowest BCUT2D eigenvalue weighted by Gasteiger charge is -2.14. The molecule has 1 aliphatic rings. The van der Waals surface area contributed by atoms with Crippen LogP contribution in [0, 0.1) is 12.7 Å². The van der Waals surface area contributed by atoms with E-state index in [1.807, 2.05) is 4.72 Å². The first-order chi connectivity index (χ1) is 17.3. The third kappa shape index (κ3) is 5.71. The standard InChI is InChI=1S/C22H18ClFN4O6S3/c1-12-25-17-8-7-14(36(2,31)32)11-15(17)21(29)28(12)18-9-6-13(10-16(18)24)26-22(30)27-37(33,34)20-5-3-4-19(23)35-20/h4-11H,3H2,1-2H3,(H2,26,27,30). The molecule has 15 heteroatoms. The van der Waals surface area contributed by atoms with E-state index in [0.29, 0.717) is 0 Å². The van der Waals surface area contributed by atoms with Gasteiger partial charge in [-0.1, -0.05) is 35.5 Å². The number of thioether (sulfide) groups is 1. The number of allylic oxidation sites excluding steroid dienone is 2. The smallest absolute Gasteiger partial charge is 0.307 e. The van der Waals surface area contributed by atoms with Gasteiger partial charge in [-0.15, -0.1) is 0 Å². The second kappa shape index (κ2) is 9.93. The highest BCUT2D eigenvalue weighted by Crippen LogP contribution is 2.35. The summed E-state index contributed by atoms with van der Waals surface area (Å²) in [6.45, 7) is 1.48. The predicted molar refractivity (Wildman–Crippen MR) is 140 cm³/mol. The van der Waals surface area contributed by atoms with Gasteiger partial charge in [-0.3, -0.25) is 9.36 Å². The number of anilines is 1. The van der Waals surface area contributed by atoms with Gasteiger partial charge < -0.3 is 5.32 Å². The molecule has 0 bridgehead atoms. The van der Waals surface area contributed by atoms with Crippen molar-refractivity contribution < 1.29 is 26.0 Å². The lowest BCUT2D eigenvalue weighted by atomic mass is 10.2. The number of aromatic nitrogens is 2. The molecule has 0 spiro atoms. The fourth-order valence-corrected chi connectivity index (χ4v) is 6.70. The third-order valence-electron chi connectivity index (χ3n) is 5.13. The molecular formula is C22H18ClFN4O6S3. The molecule has 2 amide bonds. The number of aryl methyl sites for hydroxylation is 1. The fourth-order valence-electron chi connectivity index (χ4n) is 3.48. The summed E-state index contributed by atoms with van der Waals surface area (Å²) >= 11 is 6.62. The second-order valence-corrected chi connectivity index (χ2v) is 13.5. The highest BCUT2D eigenvalue weighted by atomic mass is 35.5. The van der Waals surface area contributed by atoms with E-state index >= 15 is 4.39 Å². The van der Waals surface area contributed by atoms with Gasteiger partial charge in [0.15, 0.2) is 9.84 Å². The molecular weight excluding hydrogens is 567 g/mol. The summed E-state index contributed by atoms with van der Waals surface area (Å²) in [6.07, 6.45) is 4.28. The van der Waals surface area contributed by atoms with Gasteiger partial charge >= 0.3 is 6.03 Å². The minimum atomic E-state index is -4.20. The van der Waals surface area contributed by atoms with E-state index in [2.05, 4.69) is 10.3 Å². The van der Waals surface area contributed by atoms with E-state index in [1.54, 1.807) is 6.08 Å². The summed E-state index contributed by atoms with van der Waals surface area (Å²) in [7, 11) is -7.80. The average molecular weight is 585 g/mol. The van der Waals surface area contributed by atoms with Crippen molar-refractivity contribution in [2.75, 3.05) is 11.6 Å². The summed E-state index contributed by atoms with van der Waals surface area (Å²) in [4.78, 5) is 29.6. The molecule has 194 valence electrons. The minimum Gasteiger partial charge on any atom is -0.307 e. The van der Waals surface area contributed by atoms with E-state index in [-0.39, 0.29) is 48.0 Å². The number of hydrogen-bond donors (Lipinski definition) is 2. The number of amides is 2. The molecule has 0 radical (unpaired) electrons. The summed E-state index contributed by atoms with van der Waals surface area (Å²) in [5, 5.41) is 2.20. The minimum absolute atomic E-state index is 0.0236. The number of carbonyl (C=O) groups is 1. The Bertz CT molecular complexity index is 1800. The van der Waals surface area contributed by atoms with E-state index in [0.717, 1.165) is 28.7 Å². The zero-order valence-electron chi connectivity index (χ0n) is 19.2. The van der Waals surface area contributed by atoms with Crippen molar-refractivity contribution in [1.29, 1.82) is 0 Å². The molecule has 3 aromatic rings. The second-order valence-electron chi connectivity index (χ2n) is 7.85. The summed E-state index contributed by atoms with van der Waals surface area (Å²) in [5.41, 5.74) is -0.741. The number of nitrogens with zero attached hydrogens (tertiary/aromatic N) is 2. The van der Waals surface area contributed by atoms with Crippen molar-refractivity contribution in [3.05, 3.63) is 79.1 Å². The first-order valence-electron chi connectivity index (χ1n) is 10.4. The Balaban J connectivity index is 1.62. The number of carbonyl (C=O) groups excluding carboxylic acids is 1. The van der Waals surface area contributed by atoms with Gasteiger partial charge in [0.25, 0.3) is 15.6 Å². The molecule has 0 aliphatic carbocycles. The maximum atomic E-state index is 15.1. The molecule has 2 aromatic carbocycles. The molecule has 2 heterocycles. The molecule has 10 nitrogen and oxygen atoms in total. The van der Waals surface area contributed by atoms with Crippen LogP contribution in [-0.2, 0) is 19.9 Å². The molecule has 2 N–H and O–H groups in total. The van der Waals surface area contributed by atoms with Crippen molar-refractivity contribution in [3.63, 3.8) is 0 Å². The van der Waals surface area contributed by atoms with E-state index in [4.69, 9.17) is 11.6 Å². The quantitative estimate of drug-likeness (QED) is 0.461. The number of nitrogens with one attached hydrogen (secondary N) is 2. The van der Waals surface area contributed by atoms with Crippen molar-refractivity contribution in [3.8, 4) is 5.69 Å². The molecule has 4 rings (SSSR count). The monoisotopic (exact) mass is 584 g/mol. The van der Waals surface area contributed by atoms with Gasteiger partial charge in [-0.25, -0.2) is 35.7 Å². The predicted octanol–water partition coefficient (Wildman–Crippen LogP) is 3.75. The number of sulfone groups is 1. The van der Waals surface area contributed by atoms with E-state index in [1.165, 1.54) is 43.3 Å². The molecule has 0 saturated carbocycles. The lowest BCUT2D eigenvalue weighted by molar-refractivity contribution is 0.256. The van der Waals surface area contributed by atoms with Gasteiger partial charge in [0.05, 0.1) is 25.9 Å². The first-order valence-corrected chi connectivity index (χ1v) is 14.9. The zero-order chi connectivity index (χ0) is 27.1. The maximum absolute atomic E-state index is 15.1. The molecule has 0 fully saturated rings. The van der Waals surface area contributed by atoms with E-state index in [9.17, 15) is 26.4 Å². The van der Waals surface area contributed by atoms with Crippen LogP contribution < -0.4 is 15.6 Å². The lowest BCUT2D eigenvalue weighted by Crippen LogP contribution is -2.34. The van der Waals surface area contributed by atoms with Crippen LogP contribution in [-0.4, -0.2) is 38.7 Å². The highest BCUT2D eigenvalue weighted by molar-refractivity contribution is 8.21. The van der Waals surface area contributed by atoms with Crippen LogP contribution in [0.3, 0.4) is 0 Å². The highest BCUT2D eigenvalue weighted by Gasteiger charge is 2.24. The Kier molecular flexibility index (Phi) is 7.21. The van der Waals surface area contributed by atoms with Gasteiger partial charge in [-0.05, 0) is 49.7 Å². The Hall–Kier alpha value is -3.20. The van der Waals surface area contributed by atoms with Crippen LogP contribution >= 0.6 is 23.4 Å². The number of rotatable bonds is 5. The maximum Gasteiger partial charge on any atom is 0.333 e. The Morgan fingerprint density at radius 2 is 1.86 bits per heavy atom. The number of hydrogen-bond acceptors (Lipinski definition) is 8. The van der Waals surface area contributed by atoms with E-state index < -0.39 is 37.3 Å². The molecule has 0 saturated heterocycles. The largest absolute Gasteiger partial charge is 0.333 e. The number of sulfonamides is 1. The Labute approximate surface area is 220 Å². The Morgan fingerprint density at radius 3 is 2.51 bits per heavy atom. The first kappa shape index (κ1) is 26.9. The molecule has 1 aromatic heterocycles. The van der Waals surface area contributed by atoms with Crippen molar-refractivity contribution in [2.24, 2.45) is 0 Å². The fraction of sp³-hybridized carbons (Fsp3) is 0.136. The van der Waals surface area contributed by atoms with Crippen molar-refractivity contribution in [2.45, 2.75) is 18.2 Å². The number of halogens is 2. The summed E-state index contributed by atoms with van der Waals surface area (Å²) in [5.74, 6) is -0.784. The molecule has 37 heavy (non-hydrogen) atoms. The topological polar surface area (TPSA) is 144 Å². The van der Waals surface area contributed by atoms with Crippen LogP contribution in [0.2, 0.25) is 0 Å². The molecule has 0 unspecified atom stereocenters. The van der Waals surface area contributed by atoms with Crippen LogP contribution in [0.1, 0.15) is 12.2 Å². The molecule has 0 atom stereocenters. The van der Waals surface area contributed by atoms with Crippen LogP contribution in [0.5, 0.6) is 0 Å². The van der Waals surface area contributed by atoms with Gasteiger partial charge in [0, 0.05) is 11.9 Å². The Morgan fingerprint density at radius 1 is 1.14 bits per heavy atom. The normalized spacial score (nSPS) is 14.2. The SMILES string of the molecule is Cc1nc2ccc(S(C)(=O)=O)cc2c(=O)n1-c1ccc(NC(=O)NS(=O)(=O)C2=CCC=C(Cl)S2)cc1F. The molecule has 1 aliphatic heterocycles. The van der Waals surface area contributed by atoms with Gasteiger partial charge in [-0.2, -0.15) is 0 Å². The zero-order valence-corrected chi connectivity index (χ0v) is 22.4. The number of benzene rings is 2. The van der Waals surface area contributed by atoms with Gasteiger partial charge in [0.2, 0.25) is 0 Å². The van der Waals surface area contributed by atoms with Crippen LogP contribution in [0.4, 0.5) is 14.9 Å². The average Bonchev–Trinajstić information content (AvgIpc) is 2.79. The number of fused-ring (bicyclic) bond motifs is 1. The number of urea groups is 1. The third-order valence-corrected chi connectivity index (χ3v) is 9.42. The van der Waals surface area contributed by atoms with Crippen molar-refractivity contribution in [1.82, 2.24) is 14.3 Å².